The number of hydrogen-bond donors (Lipinski definition) is 2. The molecule has 0 saturated heterocycles. The van der Waals surface area contributed by atoms with E-state index in [0.29, 0.717) is 11.5 Å². The van der Waals surface area contributed by atoms with E-state index in [0.717, 1.165) is 5.56 Å². The Hall–Kier alpha value is -1.62. The van der Waals surface area contributed by atoms with Crippen molar-refractivity contribution < 1.29 is 9.53 Å². The highest BCUT2D eigenvalue weighted by Crippen LogP contribution is 2.13. The first-order valence-corrected chi connectivity index (χ1v) is 4.60. The van der Waals surface area contributed by atoms with Gasteiger partial charge in [0, 0.05) is 7.11 Å². The molecule has 0 spiro atoms. The van der Waals surface area contributed by atoms with Gasteiger partial charge < -0.3 is 15.8 Å². The normalized spacial score (nSPS) is 12.2. The smallest absolute Gasteiger partial charge is 0.254 e. The van der Waals surface area contributed by atoms with Gasteiger partial charge in [-0.1, -0.05) is 0 Å². The van der Waals surface area contributed by atoms with Crippen LogP contribution in [-0.4, -0.2) is 24.1 Å². The fourth-order valence-electron chi connectivity index (χ4n) is 0.970. The Bertz CT molecular complexity index is 366. The number of rotatable bonds is 3. The molecule has 0 radical (unpaired) electrons. The Labute approximate surface area is 88.6 Å². The second kappa shape index (κ2) is 4.75. The maximum Gasteiger partial charge on any atom is 0.254 e. The maximum absolute atomic E-state index is 11.4. The minimum absolute atomic E-state index is 0.228. The third kappa shape index (κ3) is 2.92. The molecular formula is C10H15N3O2. The summed E-state index contributed by atoms with van der Waals surface area (Å²) in [5.41, 5.74) is 7.09. The third-order valence-corrected chi connectivity index (χ3v) is 2.13. The van der Waals surface area contributed by atoms with Crippen LogP contribution in [0, 0.1) is 6.92 Å². The molecule has 5 nitrogen and oxygen atoms in total. The van der Waals surface area contributed by atoms with Crippen LogP contribution in [0.25, 0.3) is 0 Å². The van der Waals surface area contributed by atoms with Crippen molar-refractivity contribution in [3.05, 3.63) is 17.8 Å². The minimum atomic E-state index is -0.496. The molecule has 0 fully saturated rings. The summed E-state index contributed by atoms with van der Waals surface area (Å²) in [7, 11) is 1.48. The average Bonchev–Trinajstić information content (AvgIpc) is 2.22. The number of methoxy groups -OCH3 is 1. The Kier molecular flexibility index (Phi) is 3.62. The van der Waals surface area contributed by atoms with Crippen LogP contribution in [0.15, 0.2) is 12.3 Å². The van der Waals surface area contributed by atoms with Gasteiger partial charge in [-0.05, 0) is 25.5 Å². The number of ether oxygens (including phenoxy) is 1. The van der Waals surface area contributed by atoms with Gasteiger partial charge in [0.15, 0.2) is 0 Å². The number of carbonyl (C=O) groups is 1. The highest BCUT2D eigenvalue weighted by molar-refractivity contribution is 5.93. The van der Waals surface area contributed by atoms with E-state index >= 15 is 0 Å². The van der Waals surface area contributed by atoms with E-state index in [1.807, 2.05) is 6.92 Å². The van der Waals surface area contributed by atoms with Gasteiger partial charge in [0.25, 0.3) is 5.91 Å². The van der Waals surface area contributed by atoms with Crippen LogP contribution >= 0.6 is 0 Å². The van der Waals surface area contributed by atoms with Crippen molar-refractivity contribution in [1.29, 1.82) is 0 Å². The van der Waals surface area contributed by atoms with Crippen LogP contribution < -0.4 is 11.1 Å². The number of nitrogens with zero attached hydrogens (tertiary/aromatic N) is 1. The Balaban J connectivity index is 2.73. The summed E-state index contributed by atoms with van der Waals surface area (Å²) in [4.78, 5) is 15.4. The highest BCUT2D eigenvalue weighted by Gasteiger charge is 2.12. The van der Waals surface area contributed by atoms with Gasteiger partial charge in [-0.3, -0.25) is 4.79 Å². The molecule has 0 aromatic carbocycles. The van der Waals surface area contributed by atoms with Crippen LogP contribution in [0.2, 0.25) is 0 Å². The standard InChI is InChI=1S/C10H15N3O2/c1-6-4-9(12-5-8(6)11)13-10(14)7(2)15-3/h4-5,7H,11H2,1-3H3,(H,12,13,14). The molecule has 1 aromatic rings. The molecule has 1 aromatic heterocycles. The largest absolute Gasteiger partial charge is 0.397 e. The number of hydrogen-bond acceptors (Lipinski definition) is 4. The first kappa shape index (κ1) is 11.5. The van der Waals surface area contributed by atoms with Gasteiger partial charge >= 0.3 is 0 Å². The number of aromatic nitrogens is 1. The van der Waals surface area contributed by atoms with Crippen molar-refractivity contribution in [2.45, 2.75) is 20.0 Å². The molecule has 0 aliphatic heterocycles. The molecule has 1 unspecified atom stereocenters. The van der Waals surface area contributed by atoms with Crippen molar-refractivity contribution in [2.24, 2.45) is 0 Å². The zero-order chi connectivity index (χ0) is 11.4. The molecule has 1 rings (SSSR count). The first-order valence-electron chi connectivity index (χ1n) is 4.60. The summed E-state index contributed by atoms with van der Waals surface area (Å²) in [5.74, 6) is 0.254. The van der Waals surface area contributed by atoms with Gasteiger partial charge in [0.2, 0.25) is 0 Å². The Morgan fingerprint density at radius 3 is 2.87 bits per heavy atom. The molecule has 1 heterocycles. The van der Waals surface area contributed by atoms with Crippen molar-refractivity contribution in [1.82, 2.24) is 4.98 Å². The van der Waals surface area contributed by atoms with Gasteiger partial charge in [-0.2, -0.15) is 0 Å². The monoisotopic (exact) mass is 209 g/mol. The molecule has 0 bridgehead atoms. The first-order chi connectivity index (χ1) is 7.04. The lowest BCUT2D eigenvalue weighted by molar-refractivity contribution is -0.124. The summed E-state index contributed by atoms with van der Waals surface area (Å²) in [6, 6.07) is 1.72. The van der Waals surface area contributed by atoms with Crippen molar-refractivity contribution >= 4 is 17.4 Å². The summed E-state index contributed by atoms with van der Waals surface area (Å²) >= 11 is 0. The van der Waals surface area contributed by atoms with Gasteiger partial charge in [0.1, 0.15) is 11.9 Å². The van der Waals surface area contributed by atoms with Crippen molar-refractivity contribution in [3.63, 3.8) is 0 Å². The summed E-state index contributed by atoms with van der Waals surface area (Å²) in [6.07, 6.45) is 1.02. The topological polar surface area (TPSA) is 77.2 Å². The van der Waals surface area contributed by atoms with Crippen molar-refractivity contribution in [2.75, 3.05) is 18.2 Å². The number of aryl methyl sites for hydroxylation is 1. The lowest BCUT2D eigenvalue weighted by atomic mass is 10.2. The Morgan fingerprint density at radius 1 is 1.67 bits per heavy atom. The number of nitrogens with two attached hydrogens (primary N) is 1. The zero-order valence-electron chi connectivity index (χ0n) is 9.07. The molecule has 3 N–H and O–H groups in total. The van der Waals surface area contributed by atoms with E-state index in [4.69, 9.17) is 10.5 Å². The number of nitrogen functional groups attached to an aromatic ring is 1. The van der Waals surface area contributed by atoms with E-state index in [1.54, 1.807) is 13.0 Å². The van der Waals surface area contributed by atoms with Crippen LogP contribution in [0.1, 0.15) is 12.5 Å². The van der Waals surface area contributed by atoms with E-state index in [2.05, 4.69) is 10.3 Å². The number of carbonyl (C=O) groups excluding carboxylic acids is 1. The molecule has 1 amide bonds. The van der Waals surface area contributed by atoms with Crippen LogP contribution in [0.3, 0.4) is 0 Å². The third-order valence-electron chi connectivity index (χ3n) is 2.13. The lowest BCUT2D eigenvalue weighted by Crippen LogP contribution is -2.27. The van der Waals surface area contributed by atoms with E-state index in [-0.39, 0.29) is 5.91 Å². The summed E-state index contributed by atoms with van der Waals surface area (Å²) in [5, 5.41) is 2.63. The quantitative estimate of drug-likeness (QED) is 0.776. The second-order valence-electron chi connectivity index (χ2n) is 3.29. The number of pyridine rings is 1. The number of anilines is 2. The molecule has 0 saturated carbocycles. The molecule has 82 valence electrons. The minimum Gasteiger partial charge on any atom is -0.397 e. The molecule has 0 aliphatic rings. The lowest BCUT2D eigenvalue weighted by Gasteiger charge is -2.10. The number of nitrogens with one attached hydrogen (secondary N) is 1. The fourth-order valence-corrected chi connectivity index (χ4v) is 0.970. The second-order valence-corrected chi connectivity index (χ2v) is 3.29. The van der Waals surface area contributed by atoms with Gasteiger partial charge in [-0.25, -0.2) is 4.98 Å². The SMILES string of the molecule is COC(C)C(=O)Nc1cc(C)c(N)cn1. The van der Waals surface area contributed by atoms with Crippen molar-refractivity contribution in [3.8, 4) is 0 Å². The summed E-state index contributed by atoms with van der Waals surface area (Å²) < 4.78 is 4.87. The van der Waals surface area contributed by atoms with E-state index in [9.17, 15) is 4.79 Å². The predicted molar refractivity (Wildman–Crippen MR) is 58.5 cm³/mol. The van der Waals surface area contributed by atoms with Crippen LogP contribution in [0.4, 0.5) is 11.5 Å². The molecule has 0 aliphatic carbocycles. The maximum atomic E-state index is 11.4. The van der Waals surface area contributed by atoms with Gasteiger partial charge in [-0.15, -0.1) is 0 Å². The van der Waals surface area contributed by atoms with Crippen LogP contribution in [0.5, 0.6) is 0 Å². The molecule has 5 heteroatoms. The van der Waals surface area contributed by atoms with E-state index in [1.165, 1.54) is 13.3 Å². The average molecular weight is 209 g/mol. The van der Waals surface area contributed by atoms with Gasteiger partial charge in [0.05, 0.1) is 11.9 Å². The highest BCUT2D eigenvalue weighted by atomic mass is 16.5. The fraction of sp³-hybridized carbons (Fsp3) is 0.400. The molecular weight excluding hydrogens is 194 g/mol. The molecule has 15 heavy (non-hydrogen) atoms. The molecule has 1 atom stereocenters. The zero-order valence-corrected chi connectivity index (χ0v) is 9.07. The number of amides is 1. The van der Waals surface area contributed by atoms with Crippen LogP contribution in [-0.2, 0) is 9.53 Å². The predicted octanol–water partition coefficient (Wildman–Crippen LogP) is 0.946. The Morgan fingerprint density at radius 2 is 2.33 bits per heavy atom. The summed E-state index contributed by atoms with van der Waals surface area (Å²) in [6.45, 7) is 3.52. The van der Waals surface area contributed by atoms with E-state index < -0.39 is 6.10 Å².